The van der Waals surface area contributed by atoms with Crippen molar-refractivity contribution in [3.8, 4) is 17.2 Å². The molecule has 0 saturated heterocycles. The largest absolute Gasteiger partial charge is 0.488 e. The molecule has 7 nitrogen and oxygen atoms in total. The Bertz CT molecular complexity index is 1070. The quantitative estimate of drug-likeness (QED) is 0.549. The molecular formula is C25H23NO6. The molecule has 0 aromatic heterocycles. The smallest absolute Gasteiger partial charge is 0.342 e. The van der Waals surface area contributed by atoms with Gasteiger partial charge < -0.3 is 24.3 Å². The van der Waals surface area contributed by atoms with Crippen LogP contribution >= 0.6 is 0 Å². The van der Waals surface area contributed by atoms with E-state index >= 15 is 0 Å². The van der Waals surface area contributed by atoms with E-state index in [1.54, 1.807) is 24.3 Å². The highest BCUT2D eigenvalue weighted by molar-refractivity contribution is 5.94. The molecule has 0 fully saturated rings. The lowest BCUT2D eigenvalue weighted by Crippen LogP contribution is -2.42. The lowest BCUT2D eigenvalue weighted by Gasteiger charge is -2.26. The number of benzene rings is 3. The van der Waals surface area contributed by atoms with E-state index in [4.69, 9.17) is 18.9 Å². The number of fused-ring (bicyclic) bond motifs is 1. The van der Waals surface area contributed by atoms with Crippen molar-refractivity contribution in [3.05, 3.63) is 90.0 Å². The molecule has 1 amide bonds. The molecule has 164 valence electrons. The van der Waals surface area contributed by atoms with E-state index in [0.717, 1.165) is 5.56 Å². The Morgan fingerprint density at radius 3 is 2.47 bits per heavy atom. The molecule has 32 heavy (non-hydrogen) atoms. The summed E-state index contributed by atoms with van der Waals surface area (Å²) in [5, 5.41) is 2.70. The molecule has 1 aliphatic rings. The van der Waals surface area contributed by atoms with Gasteiger partial charge in [0.2, 0.25) is 0 Å². The summed E-state index contributed by atoms with van der Waals surface area (Å²) < 4.78 is 22.4. The second-order valence-corrected chi connectivity index (χ2v) is 7.15. The molecule has 4 rings (SSSR count). The summed E-state index contributed by atoms with van der Waals surface area (Å²) in [7, 11) is 0. The van der Waals surface area contributed by atoms with Crippen LogP contribution < -0.4 is 19.5 Å². The Hall–Kier alpha value is -4.00. The number of carbonyl (C=O) groups excluding carboxylic acids is 2. The lowest BCUT2D eigenvalue weighted by atomic mass is 10.2. The van der Waals surface area contributed by atoms with Gasteiger partial charge in [-0.25, -0.2) is 4.79 Å². The van der Waals surface area contributed by atoms with Crippen molar-refractivity contribution in [2.24, 2.45) is 0 Å². The molecule has 3 aromatic carbocycles. The van der Waals surface area contributed by atoms with Crippen LogP contribution in [0.4, 0.5) is 0 Å². The van der Waals surface area contributed by atoms with Gasteiger partial charge in [-0.2, -0.15) is 0 Å². The number of rotatable bonds is 8. The molecule has 1 aliphatic heterocycles. The Labute approximate surface area is 185 Å². The maximum absolute atomic E-state index is 12.5. The van der Waals surface area contributed by atoms with Gasteiger partial charge in [-0.3, -0.25) is 4.79 Å². The number of nitrogens with one attached hydrogen (secondary N) is 1. The zero-order chi connectivity index (χ0) is 22.2. The fraction of sp³-hybridized carbons (Fsp3) is 0.200. The molecule has 7 heteroatoms. The van der Waals surface area contributed by atoms with E-state index in [2.05, 4.69) is 5.32 Å². The molecule has 0 aliphatic carbocycles. The highest BCUT2D eigenvalue weighted by Gasteiger charge is 2.21. The van der Waals surface area contributed by atoms with E-state index in [1.165, 1.54) is 0 Å². The van der Waals surface area contributed by atoms with Gasteiger partial charge in [0.1, 0.15) is 30.6 Å². The average Bonchev–Trinajstić information content (AvgIpc) is 2.85. The Kier molecular flexibility index (Phi) is 6.87. The maximum atomic E-state index is 12.5. The van der Waals surface area contributed by atoms with Crippen molar-refractivity contribution in [3.63, 3.8) is 0 Å². The van der Waals surface area contributed by atoms with Crippen LogP contribution in [0.15, 0.2) is 78.9 Å². The lowest BCUT2D eigenvalue weighted by molar-refractivity contribution is -0.124. The second-order valence-electron chi connectivity index (χ2n) is 7.15. The van der Waals surface area contributed by atoms with Gasteiger partial charge in [-0.1, -0.05) is 54.6 Å². The van der Waals surface area contributed by atoms with Crippen LogP contribution in [0.5, 0.6) is 17.2 Å². The summed E-state index contributed by atoms with van der Waals surface area (Å²) in [6.45, 7) is 0.471. The van der Waals surface area contributed by atoms with E-state index < -0.39 is 18.5 Å². The van der Waals surface area contributed by atoms with Gasteiger partial charge in [0.25, 0.3) is 5.91 Å². The third kappa shape index (κ3) is 5.57. The van der Waals surface area contributed by atoms with Crippen LogP contribution in [0.3, 0.4) is 0 Å². The zero-order valence-electron chi connectivity index (χ0n) is 17.4. The molecule has 1 N–H and O–H groups in total. The third-order valence-electron chi connectivity index (χ3n) is 4.77. The summed E-state index contributed by atoms with van der Waals surface area (Å²) in [6.07, 6.45) is -0.323. The van der Waals surface area contributed by atoms with E-state index in [-0.39, 0.29) is 18.2 Å². The predicted molar refractivity (Wildman–Crippen MR) is 117 cm³/mol. The summed E-state index contributed by atoms with van der Waals surface area (Å²) in [6, 6.07) is 23.8. The monoisotopic (exact) mass is 433 g/mol. The highest BCUT2D eigenvalue weighted by atomic mass is 16.6. The number of ether oxygens (including phenoxy) is 4. The first-order valence-electron chi connectivity index (χ1n) is 10.3. The number of para-hydroxylation sites is 3. The molecule has 1 unspecified atom stereocenters. The standard InChI is InChI=1S/C25H23NO6/c27-24(26-14-19-16-30-22-12-6-7-13-23(22)32-19)17-31-25(28)20-10-4-5-11-21(20)29-15-18-8-2-1-3-9-18/h1-13,19H,14-17H2,(H,26,27). The molecule has 0 bridgehead atoms. The normalized spacial score (nSPS) is 14.3. The fourth-order valence-electron chi connectivity index (χ4n) is 3.15. The van der Waals surface area contributed by atoms with Gasteiger partial charge in [-0.05, 0) is 29.8 Å². The Morgan fingerprint density at radius 1 is 0.906 bits per heavy atom. The Balaban J connectivity index is 1.24. The third-order valence-corrected chi connectivity index (χ3v) is 4.77. The molecule has 3 aromatic rings. The van der Waals surface area contributed by atoms with Crippen molar-refractivity contribution in [1.82, 2.24) is 5.32 Å². The van der Waals surface area contributed by atoms with Crippen LogP contribution in [0.25, 0.3) is 0 Å². The van der Waals surface area contributed by atoms with Gasteiger partial charge in [0.15, 0.2) is 18.1 Å². The molecule has 0 spiro atoms. The van der Waals surface area contributed by atoms with E-state index in [1.807, 2.05) is 54.6 Å². The minimum absolute atomic E-state index is 0.238. The summed E-state index contributed by atoms with van der Waals surface area (Å²) in [5.41, 5.74) is 1.24. The van der Waals surface area contributed by atoms with E-state index in [9.17, 15) is 9.59 Å². The van der Waals surface area contributed by atoms with Crippen LogP contribution in [0.1, 0.15) is 15.9 Å². The first kappa shape index (κ1) is 21.2. The second kappa shape index (κ2) is 10.3. The number of esters is 1. The molecule has 1 atom stereocenters. The van der Waals surface area contributed by atoms with Crippen molar-refractivity contribution < 1.29 is 28.5 Å². The maximum Gasteiger partial charge on any atom is 0.342 e. The number of carbonyl (C=O) groups is 2. The first-order valence-corrected chi connectivity index (χ1v) is 10.3. The van der Waals surface area contributed by atoms with Gasteiger partial charge in [0.05, 0.1) is 6.54 Å². The first-order chi connectivity index (χ1) is 15.7. The predicted octanol–water partition coefficient (Wildman–Crippen LogP) is 3.38. The fourth-order valence-corrected chi connectivity index (χ4v) is 3.15. The van der Waals surface area contributed by atoms with Gasteiger partial charge in [0, 0.05) is 0 Å². The van der Waals surface area contributed by atoms with Crippen molar-refractivity contribution in [2.45, 2.75) is 12.7 Å². The molecular weight excluding hydrogens is 410 g/mol. The van der Waals surface area contributed by atoms with Crippen molar-refractivity contribution >= 4 is 11.9 Å². The van der Waals surface area contributed by atoms with Crippen LogP contribution in [0, 0.1) is 0 Å². The van der Waals surface area contributed by atoms with Crippen LogP contribution in [0.2, 0.25) is 0 Å². The average molecular weight is 433 g/mol. The summed E-state index contributed by atoms with van der Waals surface area (Å²) in [4.78, 5) is 24.6. The summed E-state index contributed by atoms with van der Waals surface area (Å²) >= 11 is 0. The number of hydrogen-bond donors (Lipinski definition) is 1. The molecule has 1 heterocycles. The number of amides is 1. The van der Waals surface area contributed by atoms with E-state index in [0.29, 0.717) is 30.5 Å². The minimum Gasteiger partial charge on any atom is -0.488 e. The van der Waals surface area contributed by atoms with Crippen LogP contribution in [-0.2, 0) is 16.1 Å². The SMILES string of the molecule is O=C(COC(=O)c1ccccc1OCc1ccccc1)NCC1COc2ccccc2O1. The van der Waals surface area contributed by atoms with Crippen molar-refractivity contribution in [2.75, 3.05) is 19.8 Å². The van der Waals surface area contributed by atoms with Gasteiger partial charge >= 0.3 is 5.97 Å². The number of hydrogen-bond acceptors (Lipinski definition) is 6. The van der Waals surface area contributed by atoms with Crippen molar-refractivity contribution in [1.29, 1.82) is 0 Å². The zero-order valence-corrected chi connectivity index (χ0v) is 17.4. The van der Waals surface area contributed by atoms with Crippen LogP contribution in [-0.4, -0.2) is 37.7 Å². The topological polar surface area (TPSA) is 83.1 Å². The molecule has 0 radical (unpaired) electrons. The highest BCUT2D eigenvalue weighted by Crippen LogP contribution is 2.30. The summed E-state index contributed by atoms with van der Waals surface area (Å²) in [5.74, 6) is 0.653. The Morgan fingerprint density at radius 2 is 1.62 bits per heavy atom. The minimum atomic E-state index is -0.630. The van der Waals surface area contributed by atoms with Gasteiger partial charge in [-0.15, -0.1) is 0 Å². The molecule has 0 saturated carbocycles.